The summed E-state index contributed by atoms with van der Waals surface area (Å²) in [5.41, 5.74) is 1.40. The molecule has 0 aliphatic carbocycles. The van der Waals surface area contributed by atoms with Gasteiger partial charge in [0.25, 0.3) is 0 Å². The molecule has 0 saturated heterocycles. The molecule has 3 nitrogen and oxygen atoms in total. The molecule has 0 saturated carbocycles. The minimum Gasteiger partial charge on any atom is -0.307 e. The standard InChI is InChI=1S/C19H22F9NO2Si/c1-4-32(2,3)12-8-11-29(14-9-6-5-7-10-14)15(30)18(25,19(26,27)28)31-17(23,24)13-16(20,21)22/h4-7,9-10H,1,8,11-13H2,2-3H3. The van der Waals surface area contributed by atoms with Crippen molar-refractivity contribution in [2.24, 2.45) is 0 Å². The number of alkyl halides is 9. The molecule has 0 spiro atoms. The number of benzene rings is 1. The maximum atomic E-state index is 14.8. The highest BCUT2D eigenvalue weighted by Crippen LogP contribution is 2.44. The first kappa shape index (κ1) is 28.0. The average Bonchev–Trinajstić information content (AvgIpc) is 2.62. The van der Waals surface area contributed by atoms with Gasteiger partial charge in [-0.25, -0.2) is 0 Å². The lowest BCUT2D eigenvalue weighted by Crippen LogP contribution is -2.60. The molecule has 1 rings (SSSR count). The molecule has 0 fully saturated rings. The molecular weight excluding hydrogens is 473 g/mol. The number of rotatable bonds is 10. The van der Waals surface area contributed by atoms with Crippen molar-refractivity contribution in [2.45, 2.75) is 56.3 Å². The largest absolute Gasteiger partial charge is 0.458 e. The Labute approximate surface area is 179 Å². The van der Waals surface area contributed by atoms with Gasteiger partial charge in [-0.1, -0.05) is 37.3 Å². The van der Waals surface area contributed by atoms with E-state index in [4.69, 9.17) is 0 Å². The summed E-state index contributed by atoms with van der Waals surface area (Å²) in [4.78, 5) is 12.8. The Bertz CT molecular complexity index is 781. The van der Waals surface area contributed by atoms with Crippen molar-refractivity contribution >= 4 is 19.7 Å². The van der Waals surface area contributed by atoms with Crippen molar-refractivity contribution in [2.75, 3.05) is 11.4 Å². The third-order valence-electron chi connectivity index (χ3n) is 4.40. The molecule has 1 aromatic rings. The van der Waals surface area contributed by atoms with Crippen LogP contribution in [0.3, 0.4) is 0 Å². The van der Waals surface area contributed by atoms with E-state index in [1.165, 1.54) is 18.2 Å². The third-order valence-corrected chi connectivity index (χ3v) is 7.15. The van der Waals surface area contributed by atoms with Gasteiger partial charge >= 0.3 is 30.2 Å². The van der Waals surface area contributed by atoms with Crippen LogP contribution in [0.25, 0.3) is 0 Å². The van der Waals surface area contributed by atoms with Gasteiger partial charge in [0.1, 0.15) is 6.42 Å². The number of anilines is 1. The lowest BCUT2D eigenvalue weighted by Gasteiger charge is -2.35. The molecule has 0 aliphatic rings. The van der Waals surface area contributed by atoms with Gasteiger partial charge in [0.15, 0.2) is 0 Å². The Kier molecular flexibility index (Phi) is 8.62. The van der Waals surface area contributed by atoms with Crippen LogP contribution in [0, 0.1) is 0 Å². The summed E-state index contributed by atoms with van der Waals surface area (Å²) in [5, 5.41) is 0. The SMILES string of the molecule is C=C[Si](C)(C)CCCN(C(=O)C(F)(OC(F)(F)CC(F)(F)F)C(F)(F)F)c1ccccc1. The van der Waals surface area contributed by atoms with Crippen LogP contribution < -0.4 is 4.90 Å². The zero-order valence-electron chi connectivity index (χ0n) is 17.2. The zero-order valence-corrected chi connectivity index (χ0v) is 18.2. The lowest BCUT2D eigenvalue weighted by molar-refractivity contribution is -0.406. The maximum Gasteiger partial charge on any atom is 0.458 e. The van der Waals surface area contributed by atoms with E-state index in [-0.39, 0.29) is 17.0 Å². The minimum atomic E-state index is -6.39. The normalized spacial score (nSPS) is 15.2. The molecule has 0 radical (unpaired) electrons. The summed E-state index contributed by atoms with van der Waals surface area (Å²) in [7, 11) is -1.99. The van der Waals surface area contributed by atoms with Gasteiger partial charge < -0.3 is 4.90 Å². The molecule has 1 aromatic carbocycles. The van der Waals surface area contributed by atoms with Gasteiger partial charge in [0.05, 0.1) is 8.07 Å². The maximum absolute atomic E-state index is 14.8. The summed E-state index contributed by atoms with van der Waals surface area (Å²) in [5.74, 6) is -8.32. The molecule has 1 amide bonds. The number of carbonyl (C=O) groups excluding carboxylic acids is 1. The number of hydrogen-bond acceptors (Lipinski definition) is 2. The predicted octanol–water partition coefficient (Wildman–Crippen LogP) is 6.63. The van der Waals surface area contributed by atoms with Crippen LogP contribution in [-0.4, -0.2) is 44.8 Å². The summed E-state index contributed by atoms with van der Waals surface area (Å²) in [6, 6.07) is 6.68. The Balaban J connectivity index is 3.34. The first-order valence-electron chi connectivity index (χ1n) is 9.24. The lowest BCUT2D eigenvalue weighted by atomic mass is 10.2. The van der Waals surface area contributed by atoms with Crippen LogP contribution in [0.2, 0.25) is 19.1 Å². The summed E-state index contributed by atoms with van der Waals surface area (Å²) < 4.78 is 122. The molecule has 0 N–H and O–H groups in total. The number of para-hydroxylation sites is 1. The molecule has 0 bridgehead atoms. The molecule has 0 aromatic heterocycles. The van der Waals surface area contributed by atoms with Crippen molar-refractivity contribution in [3.05, 3.63) is 42.6 Å². The van der Waals surface area contributed by atoms with Crippen molar-refractivity contribution < 1.29 is 49.0 Å². The highest BCUT2D eigenvalue weighted by Gasteiger charge is 2.69. The van der Waals surface area contributed by atoms with Crippen LogP contribution in [0.5, 0.6) is 0 Å². The Morgan fingerprint density at radius 1 is 1.03 bits per heavy atom. The van der Waals surface area contributed by atoms with Gasteiger partial charge in [-0.3, -0.25) is 9.53 Å². The molecular formula is C19H22F9NO2Si. The number of carbonyl (C=O) groups is 1. The van der Waals surface area contributed by atoms with Crippen molar-refractivity contribution in [3.8, 4) is 0 Å². The average molecular weight is 495 g/mol. The van der Waals surface area contributed by atoms with E-state index in [0.717, 1.165) is 12.1 Å². The fraction of sp³-hybridized carbons (Fsp3) is 0.526. The summed E-state index contributed by atoms with van der Waals surface area (Å²) in [6.45, 7) is 6.85. The Morgan fingerprint density at radius 2 is 1.56 bits per heavy atom. The number of hydrogen-bond donors (Lipinski definition) is 0. The van der Waals surface area contributed by atoms with Crippen LogP contribution in [0.15, 0.2) is 42.6 Å². The van der Waals surface area contributed by atoms with Crippen LogP contribution in [0.1, 0.15) is 12.8 Å². The van der Waals surface area contributed by atoms with E-state index in [9.17, 15) is 44.3 Å². The van der Waals surface area contributed by atoms with Crippen molar-refractivity contribution in [1.29, 1.82) is 0 Å². The second-order valence-corrected chi connectivity index (χ2v) is 12.6. The van der Waals surface area contributed by atoms with Gasteiger partial charge in [0, 0.05) is 12.2 Å². The zero-order chi connectivity index (χ0) is 25.0. The van der Waals surface area contributed by atoms with Gasteiger partial charge in [0.2, 0.25) is 0 Å². The number of amides is 1. The fourth-order valence-corrected chi connectivity index (χ4v) is 3.90. The van der Waals surface area contributed by atoms with E-state index in [1.54, 1.807) is 5.70 Å². The highest BCUT2D eigenvalue weighted by atomic mass is 28.3. The van der Waals surface area contributed by atoms with E-state index in [1.807, 2.05) is 13.1 Å². The molecule has 1 unspecified atom stereocenters. The smallest absolute Gasteiger partial charge is 0.307 e. The first-order valence-corrected chi connectivity index (χ1v) is 12.5. The molecule has 182 valence electrons. The highest BCUT2D eigenvalue weighted by molar-refractivity contribution is 6.82. The molecule has 0 heterocycles. The van der Waals surface area contributed by atoms with E-state index >= 15 is 0 Å². The topological polar surface area (TPSA) is 29.5 Å². The fourth-order valence-electron chi connectivity index (χ4n) is 2.62. The van der Waals surface area contributed by atoms with Gasteiger partial charge in [-0.05, 0) is 18.6 Å². The van der Waals surface area contributed by atoms with Gasteiger partial charge in [-0.2, -0.15) is 39.5 Å². The monoisotopic (exact) mass is 495 g/mol. The predicted molar refractivity (Wildman–Crippen MR) is 102 cm³/mol. The Hall–Kier alpha value is -2.02. The Morgan fingerprint density at radius 3 is 2.00 bits per heavy atom. The van der Waals surface area contributed by atoms with E-state index < -0.39 is 51.3 Å². The van der Waals surface area contributed by atoms with E-state index in [2.05, 4.69) is 11.3 Å². The quantitative estimate of drug-likeness (QED) is 0.269. The molecule has 1 atom stereocenters. The molecule has 13 heteroatoms. The van der Waals surface area contributed by atoms with Crippen LogP contribution >= 0.6 is 0 Å². The summed E-state index contributed by atoms with van der Waals surface area (Å²) in [6.07, 6.45) is -20.9. The molecule has 32 heavy (non-hydrogen) atoms. The second-order valence-electron chi connectivity index (χ2n) is 7.71. The first-order chi connectivity index (χ1) is 14.3. The van der Waals surface area contributed by atoms with Crippen LogP contribution in [-0.2, 0) is 9.53 Å². The van der Waals surface area contributed by atoms with Gasteiger partial charge in [-0.15, -0.1) is 12.3 Å². The third kappa shape index (κ3) is 7.83. The van der Waals surface area contributed by atoms with Crippen molar-refractivity contribution in [1.82, 2.24) is 0 Å². The summed E-state index contributed by atoms with van der Waals surface area (Å²) >= 11 is 0. The molecule has 0 aliphatic heterocycles. The van der Waals surface area contributed by atoms with E-state index in [0.29, 0.717) is 6.04 Å². The second kappa shape index (κ2) is 9.85. The number of nitrogens with zero attached hydrogens (tertiary/aromatic N) is 1. The number of halogens is 9. The van der Waals surface area contributed by atoms with Crippen LogP contribution in [0.4, 0.5) is 45.2 Å². The minimum absolute atomic E-state index is 0.0543. The van der Waals surface area contributed by atoms with Crippen molar-refractivity contribution in [3.63, 3.8) is 0 Å². The number of ether oxygens (including phenoxy) is 1.